The van der Waals surface area contributed by atoms with Crippen molar-refractivity contribution in [2.75, 3.05) is 20.0 Å². The number of hydrogen-bond donors (Lipinski definition) is 0. The fourth-order valence-corrected chi connectivity index (χ4v) is 2.78. The van der Waals surface area contributed by atoms with E-state index in [1.807, 2.05) is 37.3 Å². The lowest BCUT2D eigenvalue weighted by molar-refractivity contribution is 0.100. The second kappa shape index (κ2) is 5.92. The number of carbonyl (C=O) groups excluding carboxylic acids is 1. The van der Waals surface area contributed by atoms with E-state index in [0.717, 1.165) is 11.3 Å². The number of benzene rings is 2. The van der Waals surface area contributed by atoms with Crippen molar-refractivity contribution in [2.45, 2.75) is 6.92 Å². The van der Waals surface area contributed by atoms with E-state index in [-0.39, 0.29) is 19.2 Å². The van der Waals surface area contributed by atoms with Gasteiger partial charge in [0.25, 0.3) is 0 Å². The number of ketones is 1. The van der Waals surface area contributed by atoms with Crippen molar-refractivity contribution in [1.82, 2.24) is 0 Å². The molecule has 5 heteroatoms. The SMILES string of the molecule is CCOc1cccc(C=C2COc3cc4c(cc3C2=O)OCO4)c1. The minimum absolute atomic E-state index is 0.0589. The van der Waals surface area contributed by atoms with Gasteiger partial charge in [0.2, 0.25) is 6.79 Å². The van der Waals surface area contributed by atoms with Gasteiger partial charge in [-0.15, -0.1) is 0 Å². The van der Waals surface area contributed by atoms with Gasteiger partial charge in [-0.25, -0.2) is 0 Å². The van der Waals surface area contributed by atoms with Crippen LogP contribution >= 0.6 is 0 Å². The molecule has 0 saturated carbocycles. The summed E-state index contributed by atoms with van der Waals surface area (Å²) in [6, 6.07) is 11.0. The van der Waals surface area contributed by atoms with Crippen LogP contribution < -0.4 is 18.9 Å². The number of rotatable bonds is 3. The Bertz CT molecular complexity index is 838. The van der Waals surface area contributed by atoms with Crippen LogP contribution in [0.1, 0.15) is 22.8 Å². The smallest absolute Gasteiger partial charge is 0.231 e. The van der Waals surface area contributed by atoms with Crippen molar-refractivity contribution in [3.63, 3.8) is 0 Å². The van der Waals surface area contributed by atoms with E-state index in [2.05, 4.69) is 0 Å². The average molecular weight is 324 g/mol. The van der Waals surface area contributed by atoms with Crippen LogP contribution in [0.2, 0.25) is 0 Å². The van der Waals surface area contributed by atoms with Crippen molar-refractivity contribution in [1.29, 1.82) is 0 Å². The first-order chi connectivity index (χ1) is 11.7. The molecule has 0 fully saturated rings. The van der Waals surface area contributed by atoms with E-state index in [1.54, 1.807) is 12.1 Å². The zero-order valence-electron chi connectivity index (χ0n) is 13.2. The zero-order valence-corrected chi connectivity index (χ0v) is 13.2. The van der Waals surface area contributed by atoms with Crippen LogP contribution in [-0.4, -0.2) is 25.8 Å². The van der Waals surface area contributed by atoms with E-state index in [1.165, 1.54) is 0 Å². The van der Waals surface area contributed by atoms with Crippen molar-refractivity contribution in [3.05, 3.63) is 53.1 Å². The highest BCUT2D eigenvalue weighted by atomic mass is 16.7. The highest BCUT2D eigenvalue weighted by molar-refractivity contribution is 6.14. The summed E-state index contributed by atoms with van der Waals surface area (Å²) in [4.78, 5) is 12.8. The molecular weight excluding hydrogens is 308 g/mol. The molecule has 0 unspecified atom stereocenters. The summed E-state index contributed by atoms with van der Waals surface area (Å²) < 4.78 is 21.9. The molecule has 0 radical (unpaired) electrons. The highest BCUT2D eigenvalue weighted by Gasteiger charge is 2.27. The highest BCUT2D eigenvalue weighted by Crippen LogP contribution is 2.40. The number of Topliss-reactive ketones (excluding diaryl/α,β-unsaturated/α-hetero) is 1. The topological polar surface area (TPSA) is 54.0 Å². The Morgan fingerprint density at radius 1 is 1.08 bits per heavy atom. The Kier molecular flexibility index (Phi) is 3.61. The lowest BCUT2D eigenvalue weighted by Gasteiger charge is -2.19. The molecule has 0 aliphatic carbocycles. The minimum Gasteiger partial charge on any atom is -0.494 e. The molecule has 2 aliphatic rings. The maximum absolute atomic E-state index is 12.8. The largest absolute Gasteiger partial charge is 0.494 e. The van der Waals surface area contributed by atoms with Crippen molar-refractivity contribution >= 4 is 11.9 Å². The Balaban J connectivity index is 1.66. The van der Waals surface area contributed by atoms with Gasteiger partial charge in [-0.2, -0.15) is 0 Å². The maximum atomic E-state index is 12.8. The lowest BCUT2D eigenvalue weighted by atomic mass is 9.98. The van der Waals surface area contributed by atoms with Crippen LogP contribution in [0.5, 0.6) is 23.0 Å². The molecule has 0 atom stereocenters. The van der Waals surface area contributed by atoms with E-state index in [0.29, 0.717) is 35.0 Å². The van der Waals surface area contributed by atoms with Gasteiger partial charge in [0.15, 0.2) is 17.3 Å². The first-order valence-corrected chi connectivity index (χ1v) is 7.79. The molecule has 0 bridgehead atoms. The molecular formula is C19H16O5. The van der Waals surface area contributed by atoms with E-state index < -0.39 is 0 Å². The first-order valence-electron chi connectivity index (χ1n) is 7.79. The quantitative estimate of drug-likeness (QED) is 0.809. The van der Waals surface area contributed by atoms with Gasteiger partial charge in [-0.05, 0) is 36.8 Å². The average Bonchev–Trinajstić information content (AvgIpc) is 3.04. The molecule has 2 aliphatic heterocycles. The van der Waals surface area contributed by atoms with E-state index in [9.17, 15) is 4.79 Å². The van der Waals surface area contributed by atoms with Gasteiger partial charge in [0, 0.05) is 11.6 Å². The number of hydrogen-bond acceptors (Lipinski definition) is 5. The van der Waals surface area contributed by atoms with Gasteiger partial charge >= 0.3 is 0 Å². The lowest BCUT2D eigenvalue weighted by Crippen LogP contribution is -2.19. The fraction of sp³-hybridized carbons (Fsp3) is 0.211. The van der Waals surface area contributed by atoms with Gasteiger partial charge in [-0.1, -0.05) is 12.1 Å². The minimum atomic E-state index is -0.0589. The molecule has 24 heavy (non-hydrogen) atoms. The third kappa shape index (κ3) is 2.58. The second-order valence-corrected chi connectivity index (χ2v) is 5.49. The third-order valence-corrected chi connectivity index (χ3v) is 3.90. The van der Waals surface area contributed by atoms with Gasteiger partial charge in [-0.3, -0.25) is 4.79 Å². The summed E-state index contributed by atoms with van der Waals surface area (Å²) in [5.74, 6) is 2.43. The van der Waals surface area contributed by atoms with Crippen LogP contribution in [-0.2, 0) is 0 Å². The summed E-state index contributed by atoms with van der Waals surface area (Å²) in [7, 11) is 0. The predicted octanol–water partition coefficient (Wildman–Crippen LogP) is 3.47. The molecule has 0 amide bonds. The Morgan fingerprint density at radius 2 is 1.92 bits per heavy atom. The second-order valence-electron chi connectivity index (χ2n) is 5.49. The summed E-state index contributed by atoms with van der Waals surface area (Å²) in [5, 5.41) is 0. The zero-order chi connectivity index (χ0) is 16.5. The van der Waals surface area contributed by atoms with Crippen LogP contribution in [0, 0.1) is 0 Å². The summed E-state index contributed by atoms with van der Waals surface area (Å²) in [5.41, 5.74) is 1.99. The Morgan fingerprint density at radius 3 is 2.75 bits per heavy atom. The molecule has 0 aromatic heterocycles. The first kappa shape index (κ1) is 14.6. The van der Waals surface area contributed by atoms with Crippen LogP contribution in [0.25, 0.3) is 6.08 Å². The van der Waals surface area contributed by atoms with E-state index >= 15 is 0 Å². The molecule has 5 nitrogen and oxygen atoms in total. The van der Waals surface area contributed by atoms with Gasteiger partial charge in [0.1, 0.15) is 18.1 Å². The van der Waals surface area contributed by atoms with Crippen LogP contribution in [0.15, 0.2) is 42.0 Å². The summed E-state index contributed by atoms with van der Waals surface area (Å²) in [6.45, 7) is 2.93. The van der Waals surface area contributed by atoms with Crippen LogP contribution in [0.4, 0.5) is 0 Å². The number of ether oxygens (including phenoxy) is 4. The van der Waals surface area contributed by atoms with Crippen molar-refractivity contribution < 1.29 is 23.7 Å². The van der Waals surface area contributed by atoms with Gasteiger partial charge in [0.05, 0.1) is 12.2 Å². The molecule has 0 spiro atoms. The molecule has 2 aromatic carbocycles. The molecule has 2 heterocycles. The third-order valence-electron chi connectivity index (χ3n) is 3.90. The van der Waals surface area contributed by atoms with Crippen LogP contribution in [0.3, 0.4) is 0 Å². The Hall–Kier alpha value is -2.95. The molecule has 0 N–H and O–H groups in total. The standard InChI is InChI=1S/C19H16O5/c1-2-21-14-5-3-4-12(7-14)6-13-10-22-16-9-18-17(23-11-24-18)8-15(16)19(13)20/h3-9H,2,10-11H2,1H3. The monoisotopic (exact) mass is 324 g/mol. The van der Waals surface area contributed by atoms with Gasteiger partial charge < -0.3 is 18.9 Å². The molecule has 122 valence electrons. The number of fused-ring (bicyclic) bond motifs is 2. The molecule has 2 aromatic rings. The molecule has 0 saturated heterocycles. The summed E-state index contributed by atoms with van der Waals surface area (Å²) >= 11 is 0. The predicted molar refractivity (Wildman–Crippen MR) is 88.0 cm³/mol. The Labute approximate surface area is 139 Å². The fourth-order valence-electron chi connectivity index (χ4n) is 2.78. The summed E-state index contributed by atoms with van der Waals surface area (Å²) in [6.07, 6.45) is 1.83. The van der Waals surface area contributed by atoms with E-state index in [4.69, 9.17) is 18.9 Å². The van der Waals surface area contributed by atoms with Crippen molar-refractivity contribution in [3.8, 4) is 23.0 Å². The van der Waals surface area contributed by atoms with Crippen molar-refractivity contribution in [2.24, 2.45) is 0 Å². The normalized spacial score (nSPS) is 16.7. The molecule has 4 rings (SSSR count). The number of carbonyl (C=O) groups is 1. The maximum Gasteiger partial charge on any atom is 0.231 e.